The van der Waals surface area contributed by atoms with Crippen LogP contribution in [0.3, 0.4) is 0 Å². The van der Waals surface area contributed by atoms with Gasteiger partial charge in [0.2, 0.25) is 65.0 Å². The van der Waals surface area contributed by atoms with Gasteiger partial charge < -0.3 is 103 Å². The zero-order chi connectivity index (χ0) is 79.1. The van der Waals surface area contributed by atoms with Crippen molar-refractivity contribution in [1.82, 2.24) is 62.1 Å². The van der Waals surface area contributed by atoms with Crippen LogP contribution in [0, 0.1) is 11.8 Å². The molecular weight excluding hydrogens is 1390 g/mol. The summed E-state index contributed by atoms with van der Waals surface area (Å²) in [5.74, 6) is -14.6. The number of aryl methyl sites for hydroxylation is 1. The van der Waals surface area contributed by atoms with Crippen LogP contribution in [0.5, 0.6) is 5.75 Å². The summed E-state index contributed by atoms with van der Waals surface area (Å²) in [4.78, 5) is 204. The minimum Gasteiger partial charge on any atom is -0.508 e. The van der Waals surface area contributed by atoms with Gasteiger partial charge >= 0.3 is 5.97 Å². The summed E-state index contributed by atoms with van der Waals surface area (Å²) in [5, 5.41) is 87.0. The largest absolute Gasteiger partial charge is 0.508 e. The zero-order valence-electron chi connectivity index (χ0n) is 61.9. The van der Waals surface area contributed by atoms with Crippen molar-refractivity contribution in [3.63, 3.8) is 0 Å². The molecule has 16 atom stereocenters. The van der Waals surface area contributed by atoms with Crippen LogP contribution in [0.15, 0.2) is 66.4 Å². The molecule has 7 unspecified atom stereocenters. The minimum atomic E-state index is -2.51. The molecule has 2 aromatic rings. The molecule has 4 aliphatic heterocycles. The second-order valence-corrected chi connectivity index (χ2v) is 28.4. The summed E-state index contributed by atoms with van der Waals surface area (Å²) in [6, 6.07) is -1.23. The average Bonchev–Trinajstić information content (AvgIpc) is 1.68. The number of ether oxygens (including phenoxy) is 1. The van der Waals surface area contributed by atoms with Crippen molar-refractivity contribution in [2.45, 2.75) is 236 Å². The molecule has 0 aliphatic carbocycles. The Morgan fingerprint density at radius 1 is 0.654 bits per heavy atom. The van der Waals surface area contributed by atoms with E-state index in [0.717, 1.165) is 22.8 Å². The lowest BCUT2D eigenvalue weighted by Gasteiger charge is -2.34. The number of nitrogens with zero attached hydrogens (tertiary/aromatic N) is 4. The number of rotatable bonds is 22. The molecule has 0 bridgehead atoms. The summed E-state index contributed by atoms with van der Waals surface area (Å²) in [7, 11) is 1.31. The molecule has 34 heteroatoms. The lowest BCUT2D eigenvalue weighted by atomic mass is 9.93. The first-order valence-electron chi connectivity index (χ1n) is 36.5. The lowest BCUT2D eigenvalue weighted by molar-refractivity contribution is -0.162. The predicted molar refractivity (Wildman–Crippen MR) is 383 cm³/mol. The molecule has 0 aromatic heterocycles. The van der Waals surface area contributed by atoms with Gasteiger partial charge in [-0.3, -0.25) is 62.3 Å². The van der Waals surface area contributed by atoms with Gasteiger partial charge in [0.05, 0.1) is 37.5 Å². The highest BCUT2D eigenvalue weighted by Gasteiger charge is 2.46. The summed E-state index contributed by atoms with van der Waals surface area (Å²) < 4.78 is 6.12. The van der Waals surface area contributed by atoms with Crippen molar-refractivity contribution in [2.24, 2.45) is 17.6 Å². The second kappa shape index (κ2) is 40.9. The number of nitrogens with one attached hydrogen (secondary N) is 8. The summed E-state index contributed by atoms with van der Waals surface area (Å²) >= 11 is 0. The standard InChI is InChI=1S/C73H107N13O21/c1-9-40(5)60-68(101)80-51(38-87)65(98)76-47(10-2)64(97)82-61(41(6)88)69(102)78-49(27-24-43-17-12-11-13-18-43)71(104)85-31-14-19-52(85)66(99)79-50(35-46(36-57(92)56(91)33-39(3)4)107-73(106)55(83(8)42(7)89)34-44-22-25-45(90)26-23-44)62(95)70(103)77-48(28-29-58(74)93)63(96)75-37-59(94)84-30-16-21-54(84)72(105)86-32-15-20-53(86)67(100)81-60/h10-13,17-18,22-23,25-26,39-41,46,48-57,60-62,87-88,90-92,95H,9,14-16,19-21,24,27-38H2,1-8H3,(H2,74,93)(H,75,96)(H,76,98)(H,77,103)(H,78,102)(H,79,99)(H,80,101)(H,81,100)(H,82,97)/b47-10+/t40-,41-,46?,48-,49?,50?,51-,52-,53-,54-,55?,56?,57?,60+,61-,62?/m0/s1. The maximum atomic E-state index is 15.3. The molecule has 0 radical (unpaired) electrons. The summed E-state index contributed by atoms with van der Waals surface area (Å²) in [6.45, 7) is 8.62. The van der Waals surface area contributed by atoms with Gasteiger partial charge in [0, 0.05) is 59.3 Å². The smallest absolute Gasteiger partial charge is 0.329 e. The van der Waals surface area contributed by atoms with Gasteiger partial charge in [-0.1, -0.05) is 82.7 Å². The van der Waals surface area contributed by atoms with Crippen LogP contribution in [0.2, 0.25) is 0 Å². The number of esters is 1. The molecule has 4 saturated heterocycles. The molecular formula is C73H107N13O21. The Hall–Kier alpha value is -9.64. The number of amides is 13. The van der Waals surface area contributed by atoms with Gasteiger partial charge in [-0.25, -0.2) is 4.79 Å². The Balaban J connectivity index is 1.45. The van der Waals surface area contributed by atoms with Crippen LogP contribution in [0.4, 0.5) is 0 Å². The number of aromatic hydroxyl groups is 1. The Bertz CT molecular complexity index is 3510. The number of nitrogens with two attached hydrogens (primary N) is 1. The number of hydrogen-bond acceptors (Lipinski definition) is 21. The van der Waals surface area contributed by atoms with Crippen molar-refractivity contribution >= 4 is 82.8 Å². The number of allylic oxidation sites excluding steroid dienone is 1. The number of primary amides is 1. The average molecular weight is 1500 g/mol. The van der Waals surface area contributed by atoms with E-state index in [1.54, 1.807) is 58.0 Å². The van der Waals surface area contributed by atoms with Crippen molar-refractivity contribution in [3.05, 3.63) is 77.5 Å². The third-order valence-electron chi connectivity index (χ3n) is 19.9. The topological polar surface area (TPSA) is 505 Å². The number of carbonyl (C=O) groups is 14. The van der Waals surface area contributed by atoms with E-state index in [-0.39, 0.29) is 82.7 Å². The highest BCUT2D eigenvalue weighted by Crippen LogP contribution is 2.28. The number of phenolic OH excluding ortho intramolecular Hbond substituents is 1. The third kappa shape index (κ3) is 24.4. The molecule has 13 amide bonds. The number of carbonyl (C=O) groups excluding carboxylic acids is 14. The van der Waals surface area contributed by atoms with Crippen LogP contribution < -0.4 is 48.3 Å². The van der Waals surface area contributed by atoms with E-state index in [4.69, 9.17) is 10.5 Å². The minimum absolute atomic E-state index is 0.0116. The predicted octanol–water partition coefficient (Wildman–Crippen LogP) is -3.05. The SMILES string of the molecule is C/C=C1/NC(=O)[C@H](CO)NC(=O)[C@@H]([C@@H](C)CC)NC(=O)[C@@H]2CCCN2C(=O)[C@@H]2CCCN2C(=O)CNC(=O)[C@H](CCC(N)=O)NC(=O)C(O)C(CC(CC(O)C(O)CC(C)C)OC(=O)C(Cc2ccc(O)cc2)N(C)C(C)=O)NC(=O)[C@@H]2CCCN2C(=O)C(CCc2ccccc2)NC(=O)[C@H]([C@H](C)O)NC1=O. The van der Waals surface area contributed by atoms with E-state index in [1.165, 1.54) is 55.0 Å². The molecule has 34 nitrogen and oxygen atoms in total. The molecule has 107 heavy (non-hydrogen) atoms. The van der Waals surface area contributed by atoms with Crippen molar-refractivity contribution in [3.8, 4) is 5.75 Å². The quantitative estimate of drug-likeness (QED) is 0.0411. The first-order chi connectivity index (χ1) is 50.7. The summed E-state index contributed by atoms with van der Waals surface area (Å²) in [6.07, 6.45) is -9.60. The molecule has 4 heterocycles. The van der Waals surface area contributed by atoms with Crippen LogP contribution in [0.25, 0.3) is 0 Å². The number of aliphatic hydroxyl groups is 5. The lowest BCUT2D eigenvalue weighted by Crippen LogP contribution is -2.61. The monoisotopic (exact) mass is 1500 g/mol. The highest BCUT2D eigenvalue weighted by molar-refractivity contribution is 6.03. The molecule has 0 spiro atoms. The first kappa shape index (κ1) is 86.3. The fourth-order valence-corrected chi connectivity index (χ4v) is 13.5. The van der Waals surface area contributed by atoms with Crippen LogP contribution in [-0.2, 0) is 84.7 Å². The van der Waals surface area contributed by atoms with Crippen LogP contribution >= 0.6 is 0 Å². The van der Waals surface area contributed by atoms with Crippen LogP contribution in [-0.4, -0.2) is 264 Å². The number of aliphatic hydroxyl groups excluding tert-OH is 5. The fourth-order valence-electron chi connectivity index (χ4n) is 13.5. The number of likely N-dealkylation sites (N-methyl/N-ethyl adjacent to an activating group) is 1. The number of phenols is 1. The van der Waals surface area contributed by atoms with E-state index in [0.29, 0.717) is 30.4 Å². The van der Waals surface area contributed by atoms with Crippen molar-refractivity contribution in [2.75, 3.05) is 39.8 Å². The number of hydrogen-bond donors (Lipinski definition) is 15. The number of fused-ring (bicyclic) bond motifs is 3. The van der Waals surface area contributed by atoms with E-state index in [2.05, 4.69) is 42.5 Å². The molecule has 16 N–H and O–H groups in total. The highest BCUT2D eigenvalue weighted by atomic mass is 16.5. The van der Waals surface area contributed by atoms with E-state index in [9.17, 15) is 88.2 Å². The first-order valence-corrected chi connectivity index (χ1v) is 36.5. The van der Waals surface area contributed by atoms with E-state index >= 15 is 9.59 Å². The molecule has 590 valence electrons. The Morgan fingerprint density at radius 3 is 1.80 bits per heavy atom. The van der Waals surface area contributed by atoms with Gasteiger partial charge in [-0.15, -0.1) is 0 Å². The molecule has 4 fully saturated rings. The van der Waals surface area contributed by atoms with E-state index < -0.39 is 224 Å². The Morgan fingerprint density at radius 2 is 1.22 bits per heavy atom. The maximum absolute atomic E-state index is 15.3. The molecule has 4 aliphatic rings. The zero-order valence-corrected chi connectivity index (χ0v) is 61.9. The second-order valence-electron chi connectivity index (χ2n) is 28.4. The van der Waals surface area contributed by atoms with Crippen LogP contribution in [0.1, 0.15) is 143 Å². The van der Waals surface area contributed by atoms with Crippen molar-refractivity contribution < 1.29 is 102 Å². The van der Waals surface area contributed by atoms with Gasteiger partial charge in [0.25, 0.3) is 11.8 Å². The van der Waals surface area contributed by atoms with Gasteiger partial charge in [-0.05, 0) is 113 Å². The van der Waals surface area contributed by atoms with Gasteiger partial charge in [0.15, 0.2) is 6.10 Å². The normalized spacial score (nSPS) is 26.1. The maximum Gasteiger partial charge on any atom is 0.329 e. The Labute approximate surface area is 621 Å². The molecule has 0 saturated carbocycles. The van der Waals surface area contributed by atoms with Gasteiger partial charge in [-0.2, -0.15) is 0 Å². The van der Waals surface area contributed by atoms with Gasteiger partial charge in [0.1, 0.15) is 71.9 Å². The Kier molecular flexibility index (Phi) is 33.0. The summed E-state index contributed by atoms with van der Waals surface area (Å²) in [5.41, 5.74) is 6.14. The van der Waals surface area contributed by atoms with E-state index in [1.807, 2.05) is 0 Å². The van der Waals surface area contributed by atoms with Crippen molar-refractivity contribution in [1.29, 1.82) is 0 Å². The fraction of sp³-hybridized carbons (Fsp3) is 0.616. The number of benzene rings is 2. The third-order valence-corrected chi connectivity index (χ3v) is 19.9. The molecule has 2 aromatic carbocycles. The molecule has 6 rings (SSSR count).